The first kappa shape index (κ1) is 32.6. The highest BCUT2D eigenvalue weighted by Crippen LogP contribution is 2.65. The third kappa shape index (κ3) is 7.26. The molecule has 0 aliphatic heterocycles. The lowest BCUT2D eigenvalue weighted by atomic mass is 9.97. The molecule has 0 saturated heterocycles. The number of amides is 1. The highest BCUT2D eigenvalue weighted by molar-refractivity contribution is 6.53. The van der Waals surface area contributed by atoms with Gasteiger partial charge in [-0.15, -0.1) is 23.2 Å². The Labute approximate surface area is 266 Å². The topological polar surface area (TPSA) is 72.5 Å². The van der Waals surface area contributed by atoms with E-state index in [1.807, 2.05) is 0 Å². The Morgan fingerprint density at radius 1 is 0.929 bits per heavy atom. The van der Waals surface area contributed by atoms with Gasteiger partial charge < -0.3 is 10.1 Å². The maximum absolute atomic E-state index is 15.2. The first-order chi connectivity index (χ1) is 19.8. The van der Waals surface area contributed by atoms with Crippen LogP contribution in [0.4, 0.5) is 14.5 Å². The van der Waals surface area contributed by atoms with Crippen LogP contribution in [0.15, 0.2) is 48.5 Å². The van der Waals surface area contributed by atoms with Gasteiger partial charge in [0.05, 0.1) is 27.6 Å². The van der Waals surface area contributed by atoms with Crippen LogP contribution in [0.2, 0.25) is 15.1 Å². The van der Waals surface area contributed by atoms with Gasteiger partial charge in [-0.1, -0.05) is 46.9 Å². The Kier molecular flexibility index (Phi) is 10.6. The third-order valence-electron chi connectivity index (χ3n) is 6.89. The van der Waals surface area contributed by atoms with E-state index in [0.29, 0.717) is 22.2 Å². The first-order valence-electron chi connectivity index (χ1n) is 12.9. The fraction of sp³-hybridized carbons (Fsp3) is 0.300. The van der Waals surface area contributed by atoms with E-state index in [0.717, 1.165) is 12.1 Å². The van der Waals surface area contributed by atoms with Gasteiger partial charge in [0.15, 0.2) is 5.78 Å². The normalized spacial score (nSPS) is 17.1. The number of hydrogen-bond donors (Lipinski definition) is 1. The zero-order valence-electron chi connectivity index (χ0n) is 22.1. The van der Waals surface area contributed by atoms with Crippen LogP contribution in [0.3, 0.4) is 0 Å². The molecule has 3 aromatic carbocycles. The minimum atomic E-state index is -1.39. The number of Topliss-reactive ketones (excluding diaryl/α,β-unsaturated/α-hetero) is 2. The van der Waals surface area contributed by atoms with Crippen LogP contribution < -0.4 is 5.32 Å². The van der Waals surface area contributed by atoms with E-state index in [1.165, 1.54) is 18.2 Å². The van der Waals surface area contributed by atoms with Crippen molar-refractivity contribution in [3.8, 4) is 0 Å². The number of ketones is 2. The van der Waals surface area contributed by atoms with E-state index in [9.17, 15) is 18.8 Å². The van der Waals surface area contributed by atoms with E-state index < -0.39 is 63.7 Å². The number of anilines is 1. The summed E-state index contributed by atoms with van der Waals surface area (Å²) in [5.74, 6) is -4.71. The number of ether oxygens (including phenoxy) is 1. The van der Waals surface area contributed by atoms with Crippen molar-refractivity contribution in [1.82, 2.24) is 0 Å². The van der Waals surface area contributed by atoms with E-state index >= 15 is 4.39 Å². The van der Waals surface area contributed by atoms with Crippen LogP contribution in [-0.4, -0.2) is 35.0 Å². The number of carbonyl (C=O) groups is 3. The maximum atomic E-state index is 15.2. The smallest absolute Gasteiger partial charge is 0.231 e. The molecule has 0 bridgehead atoms. The second-order valence-electron chi connectivity index (χ2n) is 9.75. The van der Waals surface area contributed by atoms with Crippen LogP contribution in [0, 0.1) is 17.6 Å². The van der Waals surface area contributed by atoms with Crippen molar-refractivity contribution in [2.75, 3.05) is 18.5 Å². The van der Waals surface area contributed by atoms with E-state index in [-0.39, 0.29) is 34.9 Å². The highest BCUT2D eigenvalue weighted by Gasteiger charge is 2.67. The van der Waals surface area contributed by atoms with Crippen molar-refractivity contribution in [2.24, 2.45) is 5.92 Å². The fourth-order valence-corrected chi connectivity index (χ4v) is 6.00. The van der Waals surface area contributed by atoms with Gasteiger partial charge >= 0.3 is 0 Å². The average molecular weight is 678 g/mol. The largest absolute Gasteiger partial charge is 0.381 e. The number of alkyl halides is 2. The predicted octanol–water partition coefficient (Wildman–Crippen LogP) is 8.41. The SMILES string of the molecule is CCOCCC(=O)Cc1c(F)ccc(CC(=O)c2cc(NC(=O)[C@H]3[C@H](c4ccc(Cl)c(Cl)c4)C3(Cl)Cl)ccc2Cl)c1F. The van der Waals surface area contributed by atoms with Crippen molar-refractivity contribution in [3.63, 3.8) is 0 Å². The Morgan fingerprint density at radius 3 is 2.33 bits per heavy atom. The summed E-state index contributed by atoms with van der Waals surface area (Å²) in [6.45, 7) is 2.34. The summed E-state index contributed by atoms with van der Waals surface area (Å²) in [7, 11) is 0. The van der Waals surface area contributed by atoms with Crippen molar-refractivity contribution < 1.29 is 27.9 Å². The quantitative estimate of drug-likeness (QED) is 0.119. The summed E-state index contributed by atoms with van der Waals surface area (Å²) in [6, 6.07) is 11.3. The molecule has 4 rings (SSSR count). The van der Waals surface area contributed by atoms with Crippen LogP contribution in [0.25, 0.3) is 0 Å². The molecule has 1 fully saturated rings. The summed E-state index contributed by atoms with van der Waals surface area (Å²) in [4.78, 5) is 38.4. The van der Waals surface area contributed by atoms with Crippen molar-refractivity contribution in [3.05, 3.63) is 97.5 Å². The number of nitrogens with one attached hydrogen (secondary N) is 1. The van der Waals surface area contributed by atoms with Gasteiger partial charge in [0, 0.05) is 48.6 Å². The van der Waals surface area contributed by atoms with Gasteiger partial charge in [0.1, 0.15) is 21.8 Å². The van der Waals surface area contributed by atoms with Gasteiger partial charge in [-0.2, -0.15) is 0 Å². The first-order valence-corrected chi connectivity index (χ1v) is 14.8. The lowest BCUT2D eigenvalue weighted by molar-refractivity contribution is -0.119. The number of benzene rings is 3. The summed E-state index contributed by atoms with van der Waals surface area (Å²) in [5.41, 5.74) is 0.360. The van der Waals surface area contributed by atoms with Crippen LogP contribution >= 0.6 is 58.0 Å². The minimum absolute atomic E-state index is 0.00683. The Morgan fingerprint density at radius 2 is 1.64 bits per heavy atom. The third-order valence-corrected chi connectivity index (χ3v) is 8.90. The van der Waals surface area contributed by atoms with Gasteiger partial charge in [-0.05, 0) is 54.4 Å². The second-order valence-corrected chi connectivity index (χ2v) is 12.4. The molecular weight excluding hydrogens is 654 g/mol. The lowest BCUT2D eigenvalue weighted by Crippen LogP contribution is -2.17. The molecule has 222 valence electrons. The lowest BCUT2D eigenvalue weighted by Gasteiger charge is -2.11. The van der Waals surface area contributed by atoms with E-state index in [2.05, 4.69) is 5.32 Å². The zero-order valence-corrected chi connectivity index (χ0v) is 25.9. The highest BCUT2D eigenvalue weighted by atomic mass is 35.5. The molecule has 3 aromatic rings. The summed E-state index contributed by atoms with van der Waals surface area (Å²) in [6.07, 6.45) is -0.923. The molecule has 1 N–H and O–H groups in total. The summed E-state index contributed by atoms with van der Waals surface area (Å²) in [5, 5.41) is 3.40. The van der Waals surface area contributed by atoms with Crippen molar-refractivity contribution >= 4 is 81.2 Å². The summed E-state index contributed by atoms with van der Waals surface area (Å²) < 4.78 is 33.3. The molecule has 1 aliphatic carbocycles. The van der Waals surface area contributed by atoms with E-state index in [4.69, 9.17) is 62.7 Å². The van der Waals surface area contributed by atoms with Crippen molar-refractivity contribution in [2.45, 2.75) is 36.4 Å². The molecule has 1 aliphatic rings. The molecule has 0 unspecified atom stereocenters. The predicted molar refractivity (Wildman–Crippen MR) is 161 cm³/mol. The van der Waals surface area contributed by atoms with E-state index in [1.54, 1.807) is 25.1 Å². The molecule has 0 spiro atoms. The maximum Gasteiger partial charge on any atom is 0.231 e. The molecule has 1 saturated carbocycles. The second kappa shape index (κ2) is 13.6. The van der Waals surface area contributed by atoms with Gasteiger partial charge in [-0.3, -0.25) is 14.4 Å². The standard InChI is InChI=1S/C30H24Cl5F2NO4/c1-2-42-10-9-18(39)14-20-24(36)8-4-16(28(20)37)12-25(40)19-13-17(5-7-21(19)31)38-29(41)27-26(30(27,34)35)15-3-6-22(32)23(33)11-15/h3-8,11,13,26-27H,2,9-10,12,14H2,1H3,(H,38,41)/t26-,27+/m0/s1. The molecule has 12 heteroatoms. The molecule has 42 heavy (non-hydrogen) atoms. The summed E-state index contributed by atoms with van der Waals surface area (Å²) >= 11 is 31.2. The Hall–Kier alpha value is -2.26. The number of hydrogen-bond acceptors (Lipinski definition) is 4. The molecule has 0 aromatic heterocycles. The molecule has 5 nitrogen and oxygen atoms in total. The average Bonchev–Trinajstić information content (AvgIpc) is 3.52. The van der Waals surface area contributed by atoms with Crippen LogP contribution in [0.1, 0.15) is 46.3 Å². The molecular formula is C30H24Cl5F2NO4. The van der Waals surface area contributed by atoms with Gasteiger partial charge in [-0.25, -0.2) is 8.78 Å². The number of rotatable bonds is 12. The number of halogens is 7. The van der Waals surface area contributed by atoms with Gasteiger partial charge in [0.2, 0.25) is 5.91 Å². The Balaban J connectivity index is 1.48. The zero-order chi connectivity index (χ0) is 30.8. The van der Waals surface area contributed by atoms with Crippen LogP contribution in [-0.2, 0) is 27.2 Å². The molecule has 2 atom stereocenters. The number of carbonyl (C=O) groups excluding carboxylic acids is 3. The molecule has 0 heterocycles. The Bertz CT molecular complexity index is 1550. The monoisotopic (exact) mass is 675 g/mol. The van der Waals surface area contributed by atoms with Crippen LogP contribution in [0.5, 0.6) is 0 Å². The molecule has 0 radical (unpaired) electrons. The van der Waals surface area contributed by atoms with Crippen molar-refractivity contribution in [1.29, 1.82) is 0 Å². The fourth-order valence-electron chi connectivity index (χ4n) is 4.64. The molecule has 1 amide bonds. The van der Waals surface area contributed by atoms with Gasteiger partial charge in [0.25, 0.3) is 0 Å². The minimum Gasteiger partial charge on any atom is -0.381 e.